The minimum atomic E-state index is 0.387. The summed E-state index contributed by atoms with van der Waals surface area (Å²) in [6, 6.07) is 8.38. The molecule has 0 radical (unpaired) electrons. The largest absolute Gasteiger partial charge is 0.450 e. The summed E-state index contributed by atoms with van der Waals surface area (Å²) in [7, 11) is 0. The van der Waals surface area contributed by atoms with E-state index in [9.17, 15) is 0 Å². The van der Waals surface area contributed by atoms with Crippen molar-refractivity contribution in [2.24, 2.45) is 0 Å². The third kappa shape index (κ3) is 3.26. The third-order valence-electron chi connectivity index (χ3n) is 3.61. The van der Waals surface area contributed by atoms with E-state index in [1.165, 1.54) is 25.7 Å². The lowest BCUT2D eigenvalue weighted by Gasteiger charge is -2.23. The maximum absolute atomic E-state index is 5.58. The van der Waals surface area contributed by atoms with Crippen molar-refractivity contribution >= 4 is 11.1 Å². The summed E-state index contributed by atoms with van der Waals surface area (Å²) in [5, 5.41) is 3.54. The first-order chi connectivity index (χ1) is 9.42. The van der Waals surface area contributed by atoms with Crippen LogP contribution in [0.2, 0.25) is 0 Å². The Labute approximate surface area is 113 Å². The van der Waals surface area contributed by atoms with Crippen molar-refractivity contribution in [3.63, 3.8) is 0 Å². The molecule has 3 rings (SSSR count). The average molecular weight is 260 g/mol. The number of aromatic nitrogens is 1. The van der Waals surface area contributed by atoms with Gasteiger partial charge in [-0.3, -0.25) is 0 Å². The lowest BCUT2D eigenvalue weighted by Crippen LogP contribution is -2.34. The van der Waals surface area contributed by atoms with Gasteiger partial charge in [0.15, 0.2) is 5.58 Å². The summed E-state index contributed by atoms with van der Waals surface area (Å²) in [6.07, 6.45) is 6.55. The van der Waals surface area contributed by atoms with Gasteiger partial charge in [-0.2, -0.15) is 4.98 Å². The van der Waals surface area contributed by atoms with Crippen molar-refractivity contribution in [2.75, 3.05) is 13.2 Å². The van der Waals surface area contributed by atoms with Crippen molar-refractivity contribution in [3.05, 3.63) is 24.3 Å². The molecule has 2 heterocycles. The number of fused-ring (bicyclic) bond motifs is 1. The highest BCUT2D eigenvalue weighted by molar-refractivity contribution is 5.72. The number of oxazole rings is 1. The highest BCUT2D eigenvalue weighted by Crippen LogP contribution is 2.20. The quantitative estimate of drug-likeness (QED) is 0.839. The Hall–Kier alpha value is -1.55. The van der Waals surface area contributed by atoms with E-state index in [4.69, 9.17) is 9.15 Å². The van der Waals surface area contributed by atoms with E-state index in [0.29, 0.717) is 18.7 Å². The van der Waals surface area contributed by atoms with Crippen LogP contribution in [0, 0.1) is 0 Å². The molecule has 1 aromatic carbocycles. The fourth-order valence-corrected chi connectivity index (χ4v) is 2.57. The number of nitrogens with one attached hydrogen (secondary N) is 1. The van der Waals surface area contributed by atoms with Gasteiger partial charge in [-0.25, -0.2) is 0 Å². The summed E-state index contributed by atoms with van der Waals surface area (Å²) in [5.74, 6) is 0. The minimum Gasteiger partial charge on any atom is -0.450 e. The molecule has 0 unspecified atom stereocenters. The van der Waals surface area contributed by atoms with Crippen LogP contribution in [0.3, 0.4) is 0 Å². The molecule has 1 aliphatic heterocycles. The number of rotatable bonds is 5. The van der Waals surface area contributed by atoms with Gasteiger partial charge in [0, 0.05) is 6.04 Å². The van der Waals surface area contributed by atoms with E-state index in [1.807, 2.05) is 24.3 Å². The number of nitrogens with zero attached hydrogens (tertiary/aromatic N) is 1. The van der Waals surface area contributed by atoms with Gasteiger partial charge in [-0.05, 0) is 44.4 Å². The molecular formula is C15H20N2O2. The maximum Gasteiger partial charge on any atom is 0.394 e. The summed E-state index contributed by atoms with van der Waals surface area (Å²) < 4.78 is 11.1. The Bertz CT molecular complexity index is 485. The fraction of sp³-hybridized carbons (Fsp3) is 0.533. The highest BCUT2D eigenvalue weighted by Gasteiger charge is 2.12. The van der Waals surface area contributed by atoms with Crippen LogP contribution >= 0.6 is 0 Å². The van der Waals surface area contributed by atoms with Crippen LogP contribution in [0.5, 0.6) is 6.08 Å². The van der Waals surface area contributed by atoms with E-state index in [1.54, 1.807) is 0 Å². The van der Waals surface area contributed by atoms with Gasteiger partial charge >= 0.3 is 6.08 Å². The van der Waals surface area contributed by atoms with Gasteiger partial charge < -0.3 is 14.5 Å². The molecule has 0 amide bonds. The summed E-state index contributed by atoms with van der Waals surface area (Å²) in [5.41, 5.74) is 1.64. The first-order valence-electron chi connectivity index (χ1n) is 7.13. The molecule has 19 heavy (non-hydrogen) atoms. The minimum absolute atomic E-state index is 0.387. The molecule has 2 aromatic rings. The molecule has 102 valence electrons. The predicted octanol–water partition coefficient (Wildman–Crippen LogP) is 3.13. The molecule has 0 saturated carbocycles. The normalized spacial score (nSPS) is 19.7. The molecule has 4 heteroatoms. The smallest absolute Gasteiger partial charge is 0.394 e. The van der Waals surface area contributed by atoms with Crippen molar-refractivity contribution in [3.8, 4) is 6.08 Å². The second kappa shape index (κ2) is 6.06. The zero-order chi connectivity index (χ0) is 12.9. The molecule has 1 fully saturated rings. The van der Waals surface area contributed by atoms with Crippen LogP contribution in [0.4, 0.5) is 0 Å². The first-order valence-corrected chi connectivity index (χ1v) is 7.13. The van der Waals surface area contributed by atoms with Gasteiger partial charge in [0.2, 0.25) is 0 Å². The van der Waals surface area contributed by atoms with Crippen molar-refractivity contribution in [1.82, 2.24) is 10.3 Å². The predicted molar refractivity (Wildman–Crippen MR) is 74.4 cm³/mol. The van der Waals surface area contributed by atoms with Crippen LogP contribution in [0.1, 0.15) is 32.1 Å². The van der Waals surface area contributed by atoms with Gasteiger partial charge in [0.25, 0.3) is 0 Å². The number of piperidine rings is 1. The molecule has 0 spiro atoms. The third-order valence-corrected chi connectivity index (χ3v) is 3.61. The second-order valence-corrected chi connectivity index (χ2v) is 5.09. The Morgan fingerprint density at radius 2 is 2.26 bits per heavy atom. The van der Waals surface area contributed by atoms with Crippen LogP contribution < -0.4 is 10.1 Å². The Morgan fingerprint density at radius 1 is 1.32 bits per heavy atom. The summed E-state index contributed by atoms with van der Waals surface area (Å²) in [4.78, 5) is 4.29. The van der Waals surface area contributed by atoms with Crippen LogP contribution in [0.15, 0.2) is 28.7 Å². The standard InChI is InChI=1S/C15H20N2O2/c1-2-9-14-13(8-1)17-15(19-14)18-11-5-7-12-6-3-4-10-16-12/h1-2,8-9,12,16H,3-7,10-11H2/t12-/m0/s1. The van der Waals surface area contributed by atoms with Crippen LogP contribution in [-0.4, -0.2) is 24.2 Å². The zero-order valence-corrected chi connectivity index (χ0v) is 11.1. The van der Waals surface area contributed by atoms with Crippen LogP contribution in [-0.2, 0) is 0 Å². The summed E-state index contributed by atoms with van der Waals surface area (Å²) >= 11 is 0. The van der Waals surface area contributed by atoms with Crippen molar-refractivity contribution < 1.29 is 9.15 Å². The number of hydrogen-bond donors (Lipinski definition) is 1. The lowest BCUT2D eigenvalue weighted by atomic mass is 10.0. The van der Waals surface area contributed by atoms with Gasteiger partial charge in [0.05, 0.1) is 6.61 Å². The molecule has 1 atom stereocenters. The molecule has 1 saturated heterocycles. The SMILES string of the molecule is c1ccc2oc(OCCC[C@@H]3CCCCN3)nc2c1. The monoisotopic (exact) mass is 260 g/mol. The highest BCUT2D eigenvalue weighted by atomic mass is 16.6. The first kappa shape index (κ1) is 12.5. The number of ether oxygens (including phenoxy) is 1. The number of hydrogen-bond acceptors (Lipinski definition) is 4. The zero-order valence-electron chi connectivity index (χ0n) is 11.1. The Kier molecular flexibility index (Phi) is 3.98. The van der Waals surface area contributed by atoms with E-state index >= 15 is 0 Å². The van der Waals surface area contributed by atoms with E-state index < -0.39 is 0 Å². The van der Waals surface area contributed by atoms with E-state index in [0.717, 1.165) is 24.1 Å². The molecule has 1 aromatic heterocycles. The van der Waals surface area contributed by atoms with Gasteiger partial charge in [-0.15, -0.1) is 0 Å². The molecular weight excluding hydrogens is 240 g/mol. The summed E-state index contributed by atoms with van der Waals surface area (Å²) in [6.45, 7) is 1.83. The van der Waals surface area contributed by atoms with E-state index in [2.05, 4.69) is 10.3 Å². The van der Waals surface area contributed by atoms with Crippen molar-refractivity contribution in [2.45, 2.75) is 38.1 Å². The maximum atomic E-state index is 5.58. The number of benzene rings is 1. The average Bonchev–Trinajstić information content (AvgIpc) is 2.87. The van der Waals surface area contributed by atoms with E-state index in [-0.39, 0.29) is 0 Å². The molecule has 0 bridgehead atoms. The number of para-hydroxylation sites is 2. The lowest BCUT2D eigenvalue weighted by molar-refractivity contribution is 0.223. The Morgan fingerprint density at radius 3 is 3.11 bits per heavy atom. The van der Waals surface area contributed by atoms with Gasteiger partial charge in [-0.1, -0.05) is 18.6 Å². The second-order valence-electron chi connectivity index (χ2n) is 5.09. The topological polar surface area (TPSA) is 47.3 Å². The molecule has 1 N–H and O–H groups in total. The molecule has 1 aliphatic rings. The van der Waals surface area contributed by atoms with Crippen molar-refractivity contribution in [1.29, 1.82) is 0 Å². The molecule has 0 aliphatic carbocycles. The fourth-order valence-electron chi connectivity index (χ4n) is 2.57. The molecule has 4 nitrogen and oxygen atoms in total. The van der Waals surface area contributed by atoms with Crippen LogP contribution in [0.25, 0.3) is 11.1 Å². The van der Waals surface area contributed by atoms with Gasteiger partial charge in [0.1, 0.15) is 5.52 Å². The Balaban J connectivity index is 1.44.